The molecule has 0 spiro atoms. The second-order valence-corrected chi connectivity index (χ2v) is 10.3. The minimum atomic E-state index is 0.921. The average Bonchev–Trinajstić information content (AvgIpc) is 3.49. The number of hydrogen-bond donors (Lipinski definition) is 0. The summed E-state index contributed by atoms with van der Waals surface area (Å²) < 4.78 is 4.61. The molecule has 4 nitrogen and oxygen atoms in total. The van der Waals surface area contributed by atoms with Gasteiger partial charge in [0.25, 0.3) is 0 Å². The maximum absolute atomic E-state index is 5.09. The molecule has 0 bridgehead atoms. The number of para-hydroxylation sites is 3. The van der Waals surface area contributed by atoms with Crippen molar-refractivity contribution in [2.24, 2.45) is 0 Å². The Hall–Kier alpha value is -5.22. The normalized spacial score (nSPS) is 12.2. The van der Waals surface area contributed by atoms with Crippen LogP contribution in [0.1, 0.15) is 18.2 Å². The van der Waals surface area contributed by atoms with E-state index in [1.807, 2.05) is 19.1 Å². The zero-order valence-corrected chi connectivity index (χ0v) is 22.3. The lowest BCUT2D eigenvalue weighted by Crippen LogP contribution is -2.00. The number of fused-ring (bicyclic) bond motifs is 7. The van der Waals surface area contributed by atoms with Gasteiger partial charge in [0.15, 0.2) is 0 Å². The second kappa shape index (κ2) is 8.65. The molecule has 0 aliphatic heterocycles. The SMILES string of the molecule is C/C=C\c1nc(-n2c3ccccc3c3cc4c(cc32)c2ccccc2n4-c2ccc3ccccc3n2)ccc1C. The van der Waals surface area contributed by atoms with E-state index >= 15 is 0 Å². The summed E-state index contributed by atoms with van der Waals surface area (Å²) in [7, 11) is 0. The summed E-state index contributed by atoms with van der Waals surface area (Å²) in [5, 5.41) is 5.95. The highest BCUT2D eigenvalue weighted by molar-refractivity contribution is 6.18. The summed E-state index contributed by atoms with van der Waals surface area (Å²) in [4.78, 5) is 10.2. The first-order valence-corrected chi connectivity index (χ1v) is 13.6. The molecule has 0 unspecified atom stereocenters. The summed E-state index contributed by atoms with van der Waals surface area (Å²) in [6, 6.07) is 38.8. The van der Waals surface area contributed by atoms with Crippen LogP contribution in [0.25, 0.3) is 72.2 Å². The highest BCUT2D eigenvalue weighted by atomic mass is 15.1. The highest BCUT2D eigenvalue weighted by Gasteiger charge is 2.19. The molecule has 190 valence electrons. The molecule has 0 aliphatic rings. The second-order valence-electron chi connectivity index (χ2n) is 10.3. The lowest BCUT2D eigenvalue weighted by Gasteiger charge is -2.10. The van der Waals surface area contributed by atoms with Crippen molar-refractivity contribution in [2.75, 3.05) is 0 Å². The van der Waals surface area contributed by atoms with E-state index < -0.39 is 0 Å². The van der Waals surface area contributed by atoms with Gasteiger partial charge < -0.3 is 0 Å². The molecule has 40 heavy (non-hydrogen) atoms. The van der Waals surface area contributed by atoms with Crippen LogP contribution in [-0.4, -0.2) is 19.1 Å². The van der Waals surface area contributed by atoms with Crippen molar-refractivity contribution in [3.8, 4) is 11.6 Å². The van der Waals surface area contributed by atoms with Gasteiger partial charge in [-0.25, -0.2) is 9.97 Å². The molecule has 0 atom stereocenters. The average molecular weight is 515 g/mol. The monoisotopic (exact) mass is 514 g/mol. The van der Waals surface area contributed by atoms with Gasteiger partial charge in [0.2, 0.25) is 0 Å². The Labute approximate surface area is 231 Å². The summed E-state index contributed by atoms with van der Waals surface area (Å²) in [6.45, 7) is 4.14. The largest absolute Gasteiger partial charge is 0.294 e. The van der Waals surface area contributed by atoms with Crippen LogP contribution in [0.2, 0.25) is 0 Å². The topological polar surface area (TPSA) is 35.6 Å². The Balaban J connectivity index is 1.50. The fourth-order valence-electron chi connectivity index (χ4n) is 6.09. The Bertz CT molecular complexity index is 2300. The molecule has 4 aromatic carbocycles. The molecule has 0 saturated carbocycles. The Morgan fingerprint density at radius 3 is 1.80 bits per heavy atom. The molecule has 0 radical (unpaired) electrons. The van der Waals surface area contributed by atoms with Crippen molar-refractivity contribution < 1.29 is 0 Å². The molecule has 0 N–H and O–H groups in total. The van der Waals surface area contributed by atoms with Crippen molar-refractivity contribution >= 4 is 60.6 Å². The van der Waals surface area contributed by atoms with Gasteiger partial charge in [-0.1, -0.05) is 66.7 Å². The van der Waals surface area contributed by atoms with Crippen molar-refractivity contribution in [3.05, 3.63) is 127 Å². The van der Waals surface area contributed by atoms with Crippen molar-refractivity contribution in [3.63, 3.8) is 0 Å². The zero-order chi connectivity index (χ0) is 26.8. The van der Waals surface area contributed by atoms with Crippen LogP contribution in [0.15, 0.2) is 115 Å². The molecular weight excluding hydrogens is 488 g/mol. The number of aryl methyl sites for hydroxylation is 1. The van der Waals surface area contributed by atoms with E-state index in [2.05, 4.69) is 125 Å². The van der Waals surface area contributed by atoms with Crippen molar-refractivity contribution in [1.29, 1.82) is 0 Å². The zero-order valence-electron chi connectivity index (χ0n) is 22.3. The smallest absolute Gasteiger partial charge is 0.138 e. The van der Waals surface area contributed by atoms with Gasteiger partial charge in [-0.2, -0.15) is 0 Å². The number of allylic oxidation sites excluding steroid dienone is 1. The standard InChI is InChI=1S/C36H26N4/c1-3-10-29-23(2)17-19-35(37-29)39-31-15-8-5-12-25(31)27-22-34-28(21-33(27)39)26-13-6-9-16-32(26)40(34)36-20-18-24-11-4-7-14-30(24)38-36/h3-22H,1-2H3/b10-3-. The molecule has 4 heterocycles. The number of rotatable bonds is 3. The first-order valence-electron chi connectivity index (χ1n) is 13.6. The van der Waals surface area contributed by atoms with Gasteiger partial charge in [0.1, 0.15) is 11.6 Å². The van der Waals surface area contributed by atoms with Crippen molar-refractivity contribution in [1.82, 2.24) is 19.1 Å². The van der Waals surface area contributed by atoms with Crippen molar-refractivity contribution in [2.45, 2.75) is 13.8 Å². The van der Waals surface area contributed by atoms with Gasteiger partial charge in [-0.3, -0.25) is 9.13 Å². The third-order valence-corrected chi connectivity index (χ3v) is 7.95. The number of benzene rings is 4. The molecular formula is C36H26N4. The molecule has 8 rings (SSSR count). The van der Waals surface area contributed by atoms with Gasteiger partial charge in [0, 0.05) is 26.9 Å². The molecule has 0 fully saturated rings. The van der Waals surface area contributed by atoms with Crippen LogP contribution >= 0.6 is 0 Å². The molecule has 8 aromatic rings. The fraction of sp³-hybridized carbons (Fsp3) is 0.0556. The quantitative estimate of drug-likeness (QED) is 0.236. The summed E-state index contributed by atoms with van der Waals surface area (Å²) in [6.07, 6.45) is 4.12. The van der Waals surface area contributed by atoms with E-state index in [0.29, 0.717) is 0 Å². The predicted molar refractivity (Wildman–Crippen MR) is 168 cm³/mol. The molecule has 4 heteroatoms. The lowest BCUT2D eigenvalue weighted by atomic mass is 10.1. The number of pyridine rings is 2. The highest BCUT2D eigenvalue weighted by Crippen LogP contribution is 2.39. The van der Waals surface area contributed by atoms with Crippen LogP contribution < -0.4 is 0 Å². The summed E-state index contributed by atoms with van der Waals surface area (Å²) in [5.41, 5.74) is 7.73. The molecule has 4 aromatic heterocycles. The minimum Gasteiger partial charge on any atom is -0.294 e. The van der Waals surface area contributed by atoms with E-state index in [0.717, 1.165) is 55.9 Å². The van der Waals surface area contributed by atoms with Crippen LogP contribution in [0.3, 0.4) is 0 Å². The van der Waals surface area contributed by atoms with Crippen LogP contribution in [0.5, 0.6) is 0 Å². The number of hydrogen-bond acceptors (Lipinski definition) is 2. The van der Waals surface area contributed by atoms with Gasteiger partial charge in [-0.05, 0) is 74.0 Å². The van der Waals surface area contributed by atoms with E-state index in [1.54, 1.807) is 0 Å². The maximum Gasteiger partial charge on any atom is 0.138 e. The third kappa shape index (κ3) is 3.26. The first-order chi connectivity index (χ1) is 19.7. The van der Waals surface area contributed by atoms with Crippen LogP contribution in [0.4, 0.5) is 0 Å². The van der Waals surface area contributed by atoms with E-state index in [1.165, 1.54) is 21.5 Å². The lowest BCUT2D eigenvalue weighted by molar-refractivity contribution is 1.06. The first kappa shape index (κ1) is 22.7. The molecule has 0 aliphatic carbocycles. The number of nitrogens with zero attached hydrogens (tertiary/aromatic N) is 4. The van der Waals surface area contributed by atoms with Gasteiger partial charge >= 0.3 is 0 Å². The van der Waals surface area contributed by atoms with Gasteiger partial charge in [0.05, 0.1) is 33.3 Å². The van der Waals surface area contributed by atoms with Crippen LogP contribution in [-0.2, 0) is 0 Å². The number of aromatic nitrogens is 4. The maximum atomic E-state index is 5.09. The Morgan fingerprint density at radius 1 is 0.550 bits per heavy atom. The predicted octanol–water partition coefficient (Wildman–Crippen LogP) is 9.17. The molecule has 0 amide bonds. The van der Waals surface area contributed by atoms with Crippen LogP contribution in [0, 0.1) is 6.92 Å². The van der Waals surface area contributed by atoms with E-state index in [4.69, 9.17) is 9.97 Å². The van der Waals surface area contributed by atoms with E-state index in [-0.39, 0.29) is 0 Å². The minimum absolute atomic E-state index is 0.921. The summed E-state index contributed by atoms with van der Waals surface area (Å²) in [5.74, 6) is 1.84. The summed E-state index contributed by atoms with van der Waals surface area (Å²) >= 11 is 0. The van der Waals surface area contributed by atoms with Gasteiger partial charge in [-0.15, -0.1) is 0 Å². The molecule has 0 saturated heterocycles. The Kier molecular flexibility index (Phi) is 4.92. The third-order valence-electron chi connectivity index (χ3n) is 7.95. The Morgan fingerprint density at radius 2 is 1.12 bits per heavy atom. The van der Waals surface area contributed by atoms with E-state index in [9.17, 15) is 0 Å². The fourth-order valence-corrected chi connectivity index (χ4v) is 6.09.